The van der Waals surface area contributed by atoms with Crippen LogP contribution in [-0.2, 0) is 16.1 Å². The van der Waals surface area contributed by atoms with Gasteiger partial charge in [0.05, 0.1) is 17.9 Å². The van der Waals surface area contributed by atoms with Crippen molar-refractivity contribution in [1.29, 1.82) is 0 Å². The van der Waals surface area contributed by atoms with Crippen LogP contribution in [0.3, 0.4) is 0 Å². The first-order valence-electron chi connectivity index (χ1n) is 26.5. The van der Waals surface area contributed by atoms with Crippen LogP contribution in [-0.4, -0.2) is 148 Å². The molecule has 0 unspecified atom stereocenters. The minimum absolute atomic E-state index is 0.0826. The van der Waals surface area contributed by atoms with Gasteiger partial charge < -0.3 is 74.7 Å². The fraction of sp³-hybridized carbons (Fsp3) is 0.317. The van der Waals surface area contributed by atoms with Crippen LogP contribution in [0.2, 0.25) is 0 Å². The van der Waals surface area contributed by atoms with Crippen molar-refractivity contribution in [2.75, 3.05) is 57.7 Å². The zero-order chi connectivity index (χ0) is 57.2. The average molecular weight is 1130 g/mol. The second-order valence-corrected chi connectivity index (χ2v) is 20.9. The van der Waals surface area contributed by atoms with E-state index in [1.807, 2.05) is 43.3 Å². The molecule has 9 N–H and O–H groups in total. The molecule has 1 saturated heterocycles. The normalized spacial score (nSPS) is 18.9. The number of hydrogen-bond acceptors (Lipinski definition) is 15. The second kappa shape index (κ2) is 23.9. The van der Waals surface area contributed by atoms with Crippen molar-refractivity contribution in [2.24, 2.45) is 0 Å². The number of nitrogens with zero attached hydrogens (tertiary/aromatic N) is 2. The Hall–Kier alpha value is -8.08. The van der Waals surface area contributed by atoms with Gasteiger partial charge in [0.15, 0.2) is 5.43 Å². The van der Waals surface area contributed by atoms with Crippen LogP contribution in [0.25, 0.3) is 55.1 Å². The van der Waals surface area contributed by atoms with Crippen LogP contribution in [0.15, 0.2) is 112 Å². The lowest BCUT2D eigenvalue weighted by atomic mass is 9.90. The standard InChI is InChI=1S/C60H60ClN5O15/c1-65(2)18-19-78-37-11-16-44-33(21-37)23-45(64-44)58(75)66-29-34(27-61)52-42-20-31(7-12-38(42)49(26-46(52)66)80-60-56(73)55(72)54(71)50(30-67)81-60)28-63-51(70)6-4-3-5-17-62-57(74)32-8-13-39(43(22-32)59(76)77)53-40-14-9-35(68)24-47(40)79-48-25-36(69)10-15-41(48)53/h7-16,20-26,34,50,54-56,60,64,67-68,71-73H,3-6,17-19,27-30H2,1-2H3,(H,62,74)(H,63,70)(H,76,77)/t34-,50-,54+,55+,56-,60-/m1/s1. The minimum Gasteiger partial charge on any atom is -0.508 e. The number of fused-ring (bicyclic) bond motifs is 6. The summed E-state index contributed by atoms with van der Waals surface area (Å²) in [6, 6.07) is 27.3. The molecule has 0 bridgehead atoms. The second-order valence-electron chi connectivity index (χ2n) is 20.6. The number of benzene rings is 6. The van der Waals surface area contributed by atoms with Crippen molar-refractivity contribution in [3.05, 3.63) is 141 Å². The molecule has 6 aromatic rings. The van der Waals surface area contributed by atoms with E-state index in [9.17, 15) is 54.6 Å². The average Bonchev–Trinajstić information content (AvgIpc) is 4.28. The van der Waals surface area contributed by atoms with Crippen molar-refractivity contribution in [3.8, 4) is 39.7 Å². The highest BCUT2D eigenvalue weighted by Gasteiger charge is 2.45. The van der Waals surface area contributed by atoms with Gasteiger partial charge in [0.25, 0.3) is 11.8 Å². The number of amides is 3. The zero-order valence-corrected chi connectivity index (χ0v) is 44.9. The number of aromatic carboxylic acids is 1. The highest BCUT2D eigenvalue weighted by molar-refractivity contribution is 6.19. The third kappa shape index (κ3) is 11.8. The van der Waals surface area contributed by atoms with Crippen LogP contribution in [0.5, 0.6) is 17.2 Å². The number of aliphatic hydroxyl groups is 4. The summed E-state index contributed by atoms with van der Waals surface area (Å²) in [7, 11) is 3.91. The number of carbonyl (C=O) groups is 4. The first-order chi connectivity index (χ1) is 39.0. The highest BCUT2D eigenvalue weighted by atomic mass is 35.5. The first kappa shape index (κ1) is 56.2. The van der Waals surface area contributed by atoms with Gasteiger partial charge >= 0.3 is 5.97 Å². The van der Waals surface area contributed by atoms with Crippen LogP contribution >= 0.6 is 11.6 Å². The Bertz CT molecular complexity index is 3730. The number of aromatic amines is 1. The van der Waals surface area contributed by atoms with Gasteiger partial charge in [-0.05, 0) is 116 Å². The number of alkyl halides is 1. The summed E-state index contributed by atoms with van der Waals surface area (Å²) < 4.78 is 23.9. The number of hydrogen-bond donors (Lipinski definition) is 9. The quantitative estimate of drug-likeness (QED) is 0.0229. The molecule has 5 aromatic carbocycles. The number of carboxylic acid groups (broad SMARTS) is 1. The number of phenols is 1. The number of carboxylic acids is 1. The molecule has 10 rings (SSSR count). The molecule has 422 valence electrons. The fourth-order valence-corrected chi connectivity index (χ4v) is 10.8. The summed E-state index contributed by atoms with van der Waals surface area (Å²) >= 11 is 6.68. The number of unbranched alkanes of at least 4 members (excludes halogenated alkanes) is 2. The number of rotatable bonds is 20. The van der Waals surface area contributed by atoms with Crippen molar-refractivity contribution in [2.45, 2.75) is 68.9 Å². The summed E-state index contributed by atoms with van der Waals surface area (Å²) in [6.07, 6.45) is -6.00. The predicted molar refractivity (Wildman–Crippen MR) is 302 cm³/mol. The molecule has 1 aliphatic carbocycles. The summed E-state index contributed by atoms with van der Waals surface area (Å²) in [5.41, 5.74) is 4.05. The van der Waals surface area contributed by atoms with Gasteiger partial charge in [-0.25, -0.2) is 4.79 Å². The van der Waals surface area contributed by atoms with Gasteiger partial charge in [0.2, 0.25) is 12.2 Å². The van der Waals surface area contributed by atoms with E-state index in [1.165, 1.54) is 42.5 Å². The molecule has 1 aromatic heterocycles. The summed E-state index contributed by atoms with van der Waals surface area (Å²) in [4.78, 5) is 72.9. The zero-order valence-electron chi connectivity index (χ0n) is 44.2. The topological polar surface area (TPSA) is 294 Å². The third-order valence-corrected chi connectivity index (χ3v) is 15.1. The van der Waals surface area contributed by atoms with E-state index >= 15 is 0 Å². The fourth-order valence-electron chi connectivity index (χ4n) is 10.5. The monoisotopic (exact) mass is 1130 g/mol. The molecule has 21 heteroatoms. The van der Waals surface area contributed by atoms with Gasteiger partial charge in [-0.3, -0.25) is 19.2 Å². The summed E-state index contributed by atoms with van der Waals surface area (Å²) in [6.45, 7) is 1.13. The molecule has 3 amide bonds. The van der Waals surface area contributed by atoms with Gasteiger partial charge in [-0.2, -0.15) is 0 Å². The van der Waals surface area contributed by atoms with E-state index in [-0.39, 0.29) is 94.6 Å². The number of anilines is 1. The number of halogens is 1. The van der Waals surface area contributed by atoms with E-state index in [0.717, 1.165) is 23.0 Å². The number of likely N-dealkylation sites (N-methyl/N-ethyl adjacent to an activating group) is 1. The Balaban J connectivity index is 0.805. The van der Waals surface area contributed by atoms with Crippen molar-refractivity contribution < 1.29 is 68.4 Å². The first-order valence-corrected chi connectivity index (χ1v) is 27.0. The molecule has 6 atom stereocenters. The van der Waals surface area contributed by atoms with Crippen LogP contribution in [0.4, 0.5) is 5.69 Å². The largest absolute Gasteiger partial charge is 0.508 e. The number of phenolic OH excluding ortho intramolecular Hbond substituents is 1. The number of nitrogens with one attached hydrogen (secondary N) is 3. The van der Waals surface area contributed by atoms with Crippen LogP contribution < -0.4 is 30.4 Å². The predicted octanol–water partition coefficient (Wildman–Crippen LogP) is 6.31. The van der Waals surface area contributed by atoms with Gasteiger partial charge in [-0.15, -0.1) is 11.6 Å². The molecule has 4 heterocycles. The number of H-pyrrole nitrogens is 1. The lowest BCUT2D eigenvalue weighted by Gasteiger charge is -2.39. The summed E-state index contributed by atoms with van der Waals surface area (Å²) in [5.74, 6) is -1.61. The Labute approximate surface area is 468 Å². The third-order valence-electron chi connectivity index (χ3n) is 14.8. The Kier molecular flexibility index (Phi) is 16.6. The number of aliphatic hydroxyl groups excluding tert-OH is 4. The highest BCUT2D eigenvalue weighted by Crippen LogP contribution is 2.48. The van der Waals surface area contributed by atoms with Gasteiger partial charge in [0.1, 0.15) is 65.3 Å². The van der Waals surface area contributed by atoms with Crippen molar-refractivity contribution >= 4 is 73.6 Å². The number of aromatic hydroxyl groups is 1. The van der Waals surface area contributed by atoms with E-state index in [4.69, 9.17) is 30.2 Å². The van der Waals surface area contributed by atoms with Gasteiger partial charge in [-0.1, -0.05) is 24.6 Å². The maximum absolute atomic E-state index is 14.6. The molecule has 0 spiro atoms. The molecule has 4 aliphatic rings. The molecule has 20 nitrogen and oxygen atoms in total. The SMILES string of the molecule is CN(C)CCOc1ccc2[nH]c(C(=O)N3C[C@@H](CCl)c4c3cc(O[C@@H]3O[C@H](CO)[C@H](O)[C@H](O)[C@H]3O)c3ccc(CNC(=O)CCCCCNC(=O)c5ccc(-c6c7ccc(=O)cc-7oc7cc(O)ccc67)c(C(=O)O)c5)cc43)cc2c1. The van der Waals surface area contributed by atoms with E-state index < -0.39 is 49.2 Å². The molecular formula is C60H60ClN5O15. The van der Waals surface area contributed by atoms with E-state index in [2.05, 4.69) is 15.6 Å². The van der Waals surface area contributed by atoms with Gasteiger partial charge in [0, 0.05) is 101 Å². The molecular weight excluding hydrogens is 1070 g/mol. The number of carbonyl (C=O) groups excluding carboxylic acids is 3. The molecule has 1 fully saturated rings. The Morgan fingerprint density at radius 1 is 0.840 bits per heavy atom. The smallest absolute Gasteiger partial charge is 0.336 e. The molecule has 0 saturated carbocycles. The Morgan fingerprint density at radius 2 is 1.64 bits per heavy atom. The van der Waals surface area contributed by atoms with E-state index in [1.54, 1.807) is 41.3 Å². The Morgan fingerprint density at radius 3 is 2.42 bits per heavy atom. The van der Waals surface area contributed by atoms with Crippen molar-refractivity contribution in [3.63, 3.8) is 0 Å². The van der Waals surface area contributed by atoms with E-state index in [0.29, 0.717) is 75.8 Å². The lowest BCUT2D eigenvalue weighted by molar-refractivity contribution is -0.277. The molecule has 3 aliphatic heterocycles. The van der Waals surface area contributed by atoms with Crippen LogP contribution in [0, 0.1) is 0 Å². The van der Waals surface area contributed by atoms with Crippen LogP contribution in [0.1, 0.15) is 73.9 Å². The minimum atomic E-state index is -1.72. The number of aromatic nitrogens is 1. The lowest BCUT2D eigenvalue weighted by Crippen LogP contribution is -2.60. The maximum Gasteiger partial charge on any atom is 0.336 e. The molecule has 0 radical (unpaired) electrons. The summed E-state index contributed by atoms with van der Waals surface area (Å²) in [5, 5.41) is 70.8. The number of ether oxygens (including phenoxy) is 3. The van der Waals surface area contributed by atoms with Crippen molar-refractivity contribution in [1.82, 2.24) is 20.5 Å². The molecule has 81 heavy (non-hydrogen) atoms. The maximum atomic E-state index is 14.6.